The molecule has 1 aromatic heterocycles. The molecule has 3 aromatic rings. The molecule has 0 bridgehead atoms. The Kier molecular flexibility index (Phi) is 6.84. The van der Waals surface area contributed by atoms with Gasteiger partial charge in [-0.25, -0.2) is 0 Å². The maximum atomic E-state index is 13.0. The van der Waals surface area contributed by atoms with Crippen LogP contribution in [0.4, 0.5) is 0 Å². The van der Waals surface area contributed by atoms with Crippen LogP contribution in [0.1, 0.15) is 24.2 Å². The second-order valence-corrected chi connectivity index (χ2v) is 7.42. The zero-order chi connectivity index (χ0) is 21.0. The maximum absolute atomic E-state index is 13.0. The van der Waals surface area contributed by atoms with E-state index in [1.807, 2.05) is 0 Å². The number of nitrogens with one attached hydrogen (secondary N) is 2. The van der Waals surface area contributed by atoms with Gasteiger partial charge in [0, 0.05) is 23.7 Å². The number of nitrogens with zero attached hydrogens (tertiary/aromatic N) is 2. The van der Waals surface area contributed by atoms with E-state index in [0.29, 0.717) is 33.7 Å². The van der Waals surface area contributed by atoms with E-state index in [-0.39, 0.29) is 16.2 Å². The lowest BCUT2D eigenvalue weighted by atomic mass is 10.1. The van der Waals surface area contributed by atoms with Crippen LogP contribution in [0, 0.1) is 4.77 Å². The van der Waals surface area contributed by atoms with Gasteiger partial charge in [0.15, 0.2) is 4.77 Å². The van der Waals surface area contributed by atoms with E-state index in [4.69, 9.17) is 23.8 Å². The van der Waals surface area contributed by atoms with Crippen LogP contribution in [0.15, 0.2) is 47.3 Å². The number of benzene rings is 2. The van der Waals surface area contributed by atoms with Crippen molar-refractivity contribution in [2.45, 2.75) is 13.8 Å². The number of amides is 1. The lowest BCUT2D eigenvalue weighted by Crippen LogP contribution is -2.34. The van der Waals surface area contributed by atoms with Gasteiger partial charge in [-0.05, 0) is 61.7 Å². The van der Waals surface area contributed by atoms with Gasteiger partial charge < -0.3 is 15.2 Å². The van der Waals surface area contributed by atoms with Gasteiger partial charge in [-0.15, -0.1) is 0 Å². The smallest absolute Gasteiger partial charge is 0.266 e. The van der Waals surface area contributed by atoms with Crippen molar-refractivity contribution in [3.05, 3.63) is 68.2 Å². The number of halogens is 1. The predicted molar refractivity (Wildman–Crippen MR) is 120 cm³/mol. The molecule has 0 aliphatic rings. The Labute approximate surface area is 179 Å². The van der Waals surface area contributed by atoms with Crippen molar-refractivity contribution in [3.63, 3.8) is 0 Å². The third-order valence-electron chi connectivity index (χ3n) is 4.83. The number of carbonyl (C=O) groups excluding carboxylic acids is 1. The van der Waals surface area contributed by atoms with Crippen LogP contribution in [0.2, 0.25) is 5.02 Å². The Balaban J connectivity index is 1.90. The highest BCUT2D eigenvalue weighted by molar-refractivity contribution is 7.71. The molecule has 2 N–H and O–H groups in total. The number of hydrogen-bond donors (Lipinski definition) is 2. The summed E-state index contributed by atoms with van der Waals surface area (Å²) in [5.74, 6) is -0.186. The second-order valence-electron chi connectivity index (χ2n) is 6.59. The molecule has 1 amide bonds. The van der Waals surface area contributed by atoms with Crippen molar-refractivity contribution in [3.8, 4) is 5.69 Å². The first-order valence-electron chi connectivity index (χ1n) is 9.50. The van der Waals surface area contributed by atoms with Crippen LogP contribution in [-0.2, 0) is 0 Å². The van der Waals surface area contributed by atoms with E-state index in [1.165, 1.54) is 4.57 Å². The molecule has 0 spiro atoms. The molecule has 29 heavy (non-hydrogen) atoms. The van der Waals surface area contributed by atoms with E-state index < -0.39 is 0 Å². The molecule has 3 rings (SSSR count). The Morgan fingerprint density at radius 1 is 1.21 bits per heavy atom. The van der Waals surface area contributed by atoms with E-state index in [1.54, 1.807) is 42.5 Å². The van der Waals surface area contributed by atoms with Gasteiger partial charge in [0.05, 0.1) is 16.6 Å². The molecule has 0 aliphatic carbocycles. The van der Waals surface area contributed by atoms with Crippen LogP contribution < -0.4 is 10.9 Å². The highest BCUT2D eigenvalue weighted by Gasteiger charge is 2.11. The fraction of sp³-hybridized carbons (Fsp3) is 0.286. The highest BCUT2D eigenvalue weighted by Crippen LogP contribution is 2.16. The van der Waals surface area contributed by atoms with Gasteiger partial charge in [0.1, 0.15) is 0 Å². The molecule has 0 fully saturated rings. The standard InChI is InChI=1S/C21H23ClN4O2S/c1-3-25(4-2)11-10-23-19(27)14-6-5-7-16(12-14)26-20(28)17-9-8-15(22)13-18(17)24-21(26)29/h5-9,12-13H,3-4,10-11H2,1-2H3,(H,23,27)(H,24,29). The average Bonchev–Trinajstić information content (AvgIpc) is 2.71. The summed E-state index contributed by atoms with van der Waals surface area (Å²) in [7, 11) is 0. The zero-order valence-electron chi connectivity index (χ0n) is 16.4. The van der Waals surface area contributed by atoms with Crippen molar-refractivity contribution in [1.82, 2.24) is 19.8 Å². The molecule has 6 nitrogen and oxygen atoms in total. The molecular formula is C21H23ClN4O2S. The lowest BCUT2D eigenvalue weighted by molar-refractivity contribution is 0.0949. The molecular weight excluding hydrogens is 408 g/mol. The molecule has 0 atom stereocenters. The van der Waals surface area contributed by atoms with Crippen molar-refractivity contribution >= 4 is 40.6 Å². The third kappa shape index (κ3) is 4.75. The van der Waals surface area contributed by atoms with Crippen molar-refractivity contribution in [2.24, 2.45) is 0 Å². The topological polar surface area (TPSA) is 70.1 Å². The molecule has 1 heterocycles. The number of likely N-dealkylation sites (N-methyl/N-ethyl adjacent to an activating group) is 1. The van der Waals surface area contributed by atoms with E-state index in [0.717, 1.165) is 19.6 Å². The Morgan fingerprint density at radius 2 is 1.97 bits per heavy atom. The van der Waals surface area contributed by atoms with E-state index in [2.05, 4.69) is 29.0 Å². The van der Waals surface area contributed by atoms with Crippen LogP contribution >= 0.6 is 23.8 Å². The molecule has 152 valence electrons. The first-order chi connectivity index (χ1) is 13.9. The Bertz CT molecular complexity index is 1150. The van der Waals surface area contributed by atoms with E-state index in [9.17, 15) is 9.59 Å². The van der Waals surface area contributed by atoms with Gasteiger partial charge >= 0.3 is 0 Å². The summed E-state index contributed by atoms with van der Waals surface area (Å²) >= 11 is 11.4. The van der Waals surface area contributed by atoms with Crippen molar-refractivity contribution < 1.29 is 4.79 Å². The molecule has 0 aliphatic heterocycles. The van der Waals surface area contributed by atoms with E-state index >= 15 is 0 Å². The van der Waals surface area contributed by atoms with Gasteiger partial charge in [-0.1, -0.05) is 31.5 Å². The number of rotatable bonds is 7. The molecule has 2 aromatic carbocycles. The average molecular weight is 431 g/mol. The second kappa shape index (κ2) is 9.35. The summed E-state index contributed by atoms with van der Waals surface area (Å²) < 4.78 is 1.63. The summed E-state index contributed by atoms with van der Waals surface area (Å²) in [6, 6.07) is 11.9. The fourth-order valence-electron chi connectivity index (χ4n) is 3.18. The maximum Gasteiger partial charge on any atom is 0.266 e. The van der Waals surface area contributed by atoms with Gasteiger partial charge in [0.25, 0.3) is 11.5 Å². The minimum atomic E-state index is -0.264. The first kappa shape index (κ1) is 21.2. The zero-order valence-corrected chi connectivity index (χ0v) is 17.9. The Morgan fingerprint density at radius 3 is 2.69 bits per heavy atom. The van der Waals surface area contributed by atoms with Crippen molar-refractivity contribution in [1.29, 1.82) is 0 Å². The molecule has 0 saturated carbocycles. The van der Waals surface area contributed by atoms with Crippen LogP contribution in [0.25, 0.3) is 16.6 Å². The quantitative estimate of drug-likeness (QED) is 0.560. The minimum Gasteiger partial charge on any atom is -0.351 e. The molecule has 0 radical (unpaired) electrons. The molecule has 0 unspecified atom stereocenters. The van der Waals surface area contributed by atoms with Crippen LogP contribution in [0.3, 0.4) is 0 Å². The largest absolute Gasteiger partial charge is 0.351 e. The third-order valence-corrected chi connectivity index (χ3v) is 5.35. The Hall–Kier alpha value is -2.48. The lowest BCUT2D eigenvalue weighted by Gasteiger charge is -2.18. The number of fused-ring (bicyclic) bond motifs is 1. The molecule has 8 heteroatoms. The summed E-state index contributed by atoms with van der Waals surface area (Å²) in [6.45, 7) is 7.41. The summed E-state index contributed by atoms with van der Waals surface area (Å²) in [5, 5.41) is 3.91. The van der Waals surface area contributed by atoms with Crippen LogP contribution in [0.5, 0.6) is 0 Å². The first-order valence-corrected chi connectivity index (χ1v) is 10.3. The highest BCUT2D eigenvalue weighted by atomic mass is 35.5. The summed E-state index contributed by atoms with van der Waals surface area (Å²) in [6.07, 6.45) is 0. The van der Waals surface area contributed by atoms with Crippen LogP contribution in [-0.4, -0.2) is 46.5 Å². The summed E-state index contributed by atoms with van der Waals surface area (Å²) in [5.41, 5.74) is 1.32. The van der Waals surface area contributed by atoms with Gasteiger partial charge in [0.2, 0.25) is 0 Å². The SMILES string of the molecule is CCN(CC)CCNC(=O)c1cccc(-n2c(=S)[nH]c3cc(Cl)ccc3c2=O)c1. The number of carbonyl (C=O) groups is 1. The monoisotopic (exact) mass is 430 g/mol. The minimum absolute atomic E-state index is 0.186. The normalized spacial score (nSPS) is 11.2. The number of hydrogen-bond acceptors (Lipinski definition) is 4. The number of aromatic nitrogens is 2. The predicted octanol–water partition coefficient (Wildman–Crippen LogP) is 3.77. The molecule has 0 saturated heterocycles. The number of H-pyrrole nitrogens is 1. The van der Waals surface area contributed by atoms with Crippen molar-refractivity contribution in [2.75, 3.05) is 26.2 Å². The van der Waals surface area contributed by atoms with Gasteiger partial charge in [-0.3, -0.25) is 14.2 Å². The van der Waals surface area contributed by atoms with Gasteiger partial charge in [-0.2, -0.15) is 0 Å². The number of aromatic amines is 1. The summed E-state index contributed by atoms with van der Waals surface area (Å²) in [4.78, 5) is 30.8. The fourth-order valence-corrected chi connectivity index (χ4v) is 3.65.